The summed E-state index contributed by atoms with van der Waals surface area (Å²) in [6.07, 6.45) is 0.915. The van der Waals surface area contributed by atoms with E-state index in [4.69, 9.17) is 5.73 Å². The van der Waals surface area contributed by atoms with Crippen molar-refractivity contribution in [2.45, 2.75) is 31.3 Å². The third-order valence-electron chi connectivity index (χ3n) is 3.74. The number of benzene rings is 1. The van der Waals surface area contributed by atoms with Gasteiger partial charge in [0, 0.05) is 6.04 Å². The fourth-order valence-corrected chi connectivity index (χ4v) is 3.78. The molecule has 1 unspecified atom stereocenters. The molecule has 6 heteroatoms. The zero-order chi connectivity index (χ0) is 14.8. The van der Waals surface area contributed by atoms with Crippen molar-refractivity contribution in [1.82, 2.24) is 5.32 Å². The smallest absolute Gasteiger partial charge is 0.244 e. The molecule has 1 fully saturated rings. The molecule has 5 nitrogen and oxygen atoms in total. The normalized spacial score (nSPS) is 21.9. The van der Waals surface area contributed by atoms with Gasteiger partial charge in [0.25, 0.3) is 0 Å². The van der Waals surface area contributed by atoms with Crippen molar-refractivity contribution in [3.8, 4) is 0 Å². The Kier molecular flexibility index (Phi) is 4.15. The first-order chi connectivity index (χ1) is 9.31. The molecule has 0 saturated carbocycles. The van der Waals surface area contributed by atoms with E-state index in [1.54, 1.807) is 6.92 Å². The van der Waals surface area contributed by atoms with Crippen molar-refractivity contribution in [2.24, 2.45) is 5.73 Å². The molecule has 0 radical (unpaired) electrons. The van der Waals surface area contributed by atoms with E-state index in [2.05, 4.69) is 5.32 Å². The fraction of sp³-hybridized carbons (Fsp3) is 0.500. The van der Waals surface area contributed by atoms with Crippen LogP contribution in [0.5, 0.6) is 0 Å². The molecule has 0 bridgehead atoms. The van der Waals surface area contributed by atoms with Crippen LogP contribution in [0.1, 0.15) is 25.3 Å². The lowest BCUT2D eigenvalue weighted by atomic mass is 9.91. The highest BCUT2D eigenvalue weighted by molar-refractivity contribution is 7.91. The van der Waals surface area contributed by atoms with Crippen LogP contribution in [0, 0.1) is 0 Å². The molecular weight excluding hydrogens is 276 g/mol. The van der Waals surface area contributed by atoms with E-state index in [0.29, 0.717) is 12.8 Å². The second-order valence-corrected chi connectivity index (χ2v) is 7.77. The van der Waals surface area contributed by atoms with E-state index in [1.807, 2.05) is 30.3 Å². The Morgan fingerprint density at radius 2 is 1.80 bits per heavy atom. The van der Waals surface area contributed by atoms with Gasteiger partial charge in [-0.15, -0.1) is 0 Å². The van der Waals surface area contributed by atoms with E-state index in [1.165, 1.54) is 0 Å². The number of carbonyl (C=O) groups excluding carboxylic acids is 1. The van der Waals surface area contributed by atoms with Gasteiger partial charge < -0.3 is 11.1 Å². The summed E-state index contributed by atoms with van der Waals surface area (Å²) in [6, 6.07) is 9.04. The Hall–Kier alpha value is -1.40. The number of hydrogen-bond donors (Lipinski definition) is 2. The second kappa shape index (κ2) is 5.54. The summed E-state index contributed by atoms with van der Waals surface area (Å²) in [6.45, 7) is 1.66. The Bertz CT molecular complexity index is 568. The molecule has 1 atom stereocenters. The number of nitrogens with two attached hydrogens (primary N) is 1. The average molecular weight is 296 g/mol. The number of carbonyl (C=O) groups is 1. The van der Waals surface area contributed by atoms with Crippen molar-refractivity contribution in [3.05, 3.63) is 35.9 Å². The summed E-state index contributed by atoms with van der Waals surface area (Å²) >= 11 is 0. The van der Waals surface area contributed by atoms with Gasteiger partial charge in [-0.3, -0.25) is 4.79 Å². The zero-order valence-corrected chi connectivity index (χ0v) is 12.3. The second-order valence-electron chi connectivity index (χ2n) is 5.47. The highest BCUT2D eigenvalue weighted by atomic mass is 32.2. The van der Waals surface area contributed by atoms with Crippen LogP contribution in [0.25, 0.3) is 0 Å². The van der Waals surface area contributed by atoms with Crippen LogP contribution in [0.4, 0.5) is 0 Å². The number of hydrogen-bond acceptors (Lipinski definition) is 4. The monoisotopic (exact) mass is 296 g/mol. The highest BCUT2D eigenvalue weighted by Gasteiger charge is 2.33. The molecule has 1 aromatic carbocycles. The highest BCUT2D eigenvalue weighted by Crippen LogP contribution is 2.19. The van der Waals surface area contributed by atoms with Gasteiger partial charge in [0.2, 0.25) is 5.91 Å². The van der Waals surface area contributed by atoms with Crippen LogP contribution in [-0.2, 0) is 20.2 Å². The van der Waals surface area contributed by atoms with Crippen LogP contribution in [0.2, 0.25) is 0 Å². The minimum atomic E-state index is -2.92. The van der Waals surface area contributed by atoms with E-state index in [9.17, 15) is 13.2 Å². The minimum absolute atomic E-state index is 0.113. The predicted octanol–water partition coefficient (Wildman–Crippen LogP) is 0.554. The summed E-state index contributed by atoms with van der Waals surface area (Å²) in [4.78, 5) is 12.3. The molecule has 1 aliphatic heterocycles. The molecule has 1 amide bonds. The number of rotatable bonds is 3. The largest absolute Gasteiger partial charge is 0.351 e. The van der Waals surface area contributed by atoms with Crippen molar-refractivity contribution in [2.75, 3.05) is 11.5 Å². The Morgan fingerprint density at radius 1 is 1.25 bits per heavy atom. The lowest BCUT2D eigenvalue weighted by molar-refractivity contribution is -0.126. The number of sulfone groups is 1. The molecule has 0 spiro atoms. The molecule has 1 aromatic rings. The minimum Gasteiger partial charge on any atom is -0.351 e. The van der Waals surface area contributed by atoms with E-state index < -0.39 is 15.4 Å². The Labute approximate surface area is 119 Å². The number of amides is 1. The lowest BCUT2D eigenvalue weighted by Crippen LogP contribution is -2.53. The molecule has 0 aromatic heterocycles. The van der Waals surface area contributed by atoms with E-state index in [-0.39, 0.29) is 23.5 Å². The van der Waals surface area contributed by atoms with Gasteiger partial charge in [-0.2, -0.15) is 0 Å². The van der Waals surface area contributed by atoms with Crippen molar-refractivity contribution >= 4 is 15.7 Å². The fourth-order valence-electron chi connectivity index (χ4n) is 2.29. The average Bonchev–Trinajstić information content (AvgIpc) is 2.42. The van der Waals surface area contributed by atoms with Gasteiger partial charge in [0.15, 0.2) is 0 Å². The van der Waals surface area contributed by atoms with Gasteiger partial charge in [0.1, 0.15) is 15.4 Å². The molecule has 3 N–H and O–H groups in total. The van der Waals surface area contributed by atoms with Crippen molar-refractivity contribution in [1.29, 1.82) is 0 Å². The first kappa shape index (κ1) is 15.0. The molecule has 1 aliphatic rings. The Morgan fingerprint density at radius 3 is 2.35 bits per heavy atom. The third-order valence-corrected chi connectivity index (χ3v) is 5.45. The zero-order valence-electron chi connectivity index (χ0n) is 11.5. The predicted molar refractivity (Wildman–Crippen MR) is 77.8 cm³/mol. The third kappa shape index (κ3) is 3.37. The first-order valence-corrected chi connectivity index (χ1v) is 8.49. The maximum Gasteiger partial charge on any atom is 0.244 e. The van der Waals surface area contributed by atoms with Gasteiger partial charge in [-0.25, -0.2) is 8.42 Å². The summed E-state index contributed by atoms with van der Waals surface area (Å²) in [5.41, 5.74) is 5.75. The van der Waals surface area contributed by atoms with Crippen LogP contribution in [-0.4, -0.2) is 31.9 Å². The molecular formula is C14H20N2O3S. The lowest BCUT2D eigenvalue weighted by Gasteiger charge is -2.29. The maximum atomic E-state index is 12.3. The van der Waals surface area contributed by atoms with Crippen LogP contribution in [0.15, 0.2) is 30.3 Å². The van der Waals surface area contributed by atoms with E-state index in [0.717, 1.165) is 5.56 Å². The van der Waals surface area contributed by atoms with Crippen LogP contribution < -0.4 is 11.1 Å². The number of nitrogens with one attached hydrogen (secondary N) is 1. The molecule has 1 heterocycles. The standard InChI is InChI=1S/C14H20N2O3S/c1-14(15,11-5-3-2-4-6-11)13(17)16-12-7-9-20(18,19)10-8-12/h2-6,12H,7-10,15H2,1H3,(H,16,17). The quantitative estimate of drug-likeness (QED) is 0.852. The topological polar surface area (TPSA) is 89.3 Å². The summed E-state index contributed by atoms with van der Waals surface area (Å²) < 4.78 is 22.7. The molecule has 20 heavy (non-hydrogen) atoms. The molecule has 1 saturated heterocycles. The molecule has 0 aliphatic carbocycles. The van der Waals surface area contributed by atoms with Gasteiger partial charge in [-0.1, -0.05) is 30.3 Å². The van der Waals surface area contributed by atoms with Gasteiger partial charge >= 0.3 is 0 Å². The van der Waals surface area contributed by atoms with Crippen molar-refractivity contribution in [3.63, 3.8) is 0 Å². The summed E-state index contributed by atoms with van der Waals surface area (Å²) in [7, 11) is -2.92. The summed E-state index contributed by atoms with van der Waals surface area (Å²) in [5, 5.41) is 2.87. The van der Waals surface area contributed by atoms with Crippen LogP contribution >= 0.6 is 0 Å². The first-order valence-electron chi connectivity index (χ1n) is 6.67. The maximum absolute atomic E-state index is 12.3. The van der Waals surface area contributed by atoms with Gasteiger partial charge in [0.05, 0.1) is 11.5 Å². The molecule has 110 valence electrons. The molecule has 2 rings (SSSR count). The SMILES string of the molecule is CC(N)(C(=O)NC1CCS(=O)(=O)CC1)c1ccccc1. The Balaban J connectivity index is 2.02. The van der Waals surface area contributed by atoms with Gasteiger partial charge in [-0.05, 0) is 25.3 Å². The van der Waals surface area contributed by atoms with Crippen molar-refractivity contribution < 1.29 is 13.2 Å². The van der Waals surface area contributed by atoms with Crippen LogP contribution in [0.3, 0.4) is 0 Å². The summed E-state index contributed by atoms with van der Waals surface area (Å²) in [5.74, 6) is -0.0113. The van der Waals surface area contributed by atoms with E-state index >= 15 is 0 Å².